The lowest BCUT2D eigenvalue weighted by atomic mass is 10.0. The lowest BCUT2D eigenvalue weighted by Gasteiger charge is -2.01. The van der Waals surface area contributed by atoms with E-state index in [1.807, 2.05) is 11.3 Å². The van der Waals surface area contributed by atoms with Gasteiger partial charge >= 0.3 is 0 Å². The second-order valence-electron chi connectivity index (χ2n) is 7.12. The largest absolute Gasteiger partial charge is 0.344 e. The van der Waals surface area contributed by atoms with Crippen molar-refractivity contribution >= 4 is 53.3 Å². The zero-order valence-corrected chi connectivity index (χ0v) is 15.8. The van der Waals surface area contributed by atoms with Crippen molar-refractivity contribution in [3.8, 4) is 11.1 Å². The maximum Gasteiger partial charge on any atom is 0.0503 e. The summed E-state index contributed by atoms with van der Waals surface area (Å²) in [5, 5.41) is 5.38. The summed E-state index contributed by atoms with van der Waals surface area (Å²) in [5.74, 6) is 0. The summed E-state index contributed by atoms with van der Waals surface area (Å²) >= 11 is 1.89. The van der Waals surface area contributed by atoms with Gasteiger partial charge in [-0.1, -0.05) is 60.7 Å². The zero-order chi connectivity index (χ0) is 18.0. The molecule has 0 N–H and O–H groups in total. The SMILES string of the molecule is Cn1c2ccccc2c2cc3c(cc21)sc1cc(-c2ccccc2)ccc13. The lowest BCUT2D eigenvalue weighted by molar-refractivity contribution is 1.02. The predicted octanol–water partition coefficient (Wildman–Crippen LogP) is 7.37. The van der Waals surface area contributed by atoms with Crippen LogP contribution in [0.1, 0.15) is 0 Å². The van der Waals surface area contributed by atoms with Gasteiger partial charge in [0.05, 0.1) is 5.52 Å². The molecule has 0 bridgehead atoms. The molecule has 0 fully saturated rings. The summed E-state index contributed by atoms with van der Waals surface area (Å²) in [4.78, 5) is 0. The van der Waals surface area contributed by atoms with Crippen molar-refractivity contribution in [1.82, 2.24) is 4.57 Å². The highest BCUT2D eigenvalue weighted by Crippen LogP contribution is 2.40. The molecule has 2 heterocycles. The molecule has 2 heteroatoms. The van der Waals surface area contributed by atoms with Gasteiger partial charge in [0, 0.05) is 43.5 Å². The molecule has 0 aliphatic rings. The average Bonchev–Trinajstić information content (AvgIpc) is 3.22. The summed E-state index contributed by atoms with van der Waals surface area (Å²) in [7, 11) is 2.16. The molecule has 2 aromatic heterocycles. The van der Waals surface area contributed by atoms with E-state index in [2.05, 4.69) is 96.5 Å². The highest BCUT2D eigenvalue weighted by atomic mass is 32.1. The van der Waals surface area contributed by atoms with E-state index in [1.165, 1.54) is 53.1 Å². The average molecular weight is 363 g/mol. The van der Waals surface area contributed by atoms with Crippen LogP contribution in [0.25, 0.3) is 53.1 Å². The van der Waals surface area contributed by atoms with E-state index in [9.17, 15) is 0 Å². The number of aryl methyl sites for hydroxylation is 1. The Hall–Kier alpha value is -3.10. The molecule has 6 rings (SSSR count). The van der Waals surface area contributed by atoms with Crippen LogP contribution >= 0.6 is 11.3 Å². The van der Waals surface area contributed by atoms with Crippen molar-refractivity contribution in [3.05, 3.63) is 84.9 Å². The Morgan fingerprint density at radius 1 is 0.556 bits per heavy atom. The van der Waals surface area contributed by atoms with E-state index in [0.717, 1.165) is 0 Å². The zero-order valence-electron chi connectivity index (χ0n) is 14.9. The van der Waals surface area contributed by atoms with Gasteiger partial charge in [-0.2, -0.15) is 0 Å². The number of hydrogen-bond donors (Lipinski definition) is 0. The van der Waals surface area contributed by atoms with Crippen LogP contribution < -0.4 is 0 Å². The van der Waals surface area contributed by atoms with Crippen LogP contribution in [0.2, 0.25) is 0 Å². The van der Waals surface area contributed by atoms with Crippen molar-refractivity contribution in [3.63, 3.8) is 0 Å². The molecular formula is C25H17NS. The quantitative estimate of drug-likeness (QED) is 0.287. The maximum absolute atomic E-state index is 2.38. The van der Waals surface area contributed by atoms with Crippen molar-refractivity contribution in [2.75, 3.05) is 0 Å². The molecule has 27 heavy (non-hydrogen) atoms. The topological polar surface area (TPSA) is 4.93 Å². The van der Waals surface area contributed by atoms with Crippen LogP contribution in [-0.4, -0.2) is 4.57 Å². The van der Waals surface area contributed by atoms with Gasteiger partial charge in [0.1, 0.15) is 0 Å². The second kappa shape index (κ2) is 5.45. The van der Waals surface area contributed by atoms with E-state index in [1.54, 1.807) is 0 Å². The summed E-state index contributed by atoms with van der Waals surface area (Å²) in [6, 6.07) is 30.9. The van der Waals surface area contributed by atoms with Gasteiger partial charge in [-0.25, -0.2) is 0 Å². The first-order valence-electron chi connectivity index (χ1n) is 9.18. The normalized spacial score (nSPS) is 11.9. The Balaban J connectivity index is 1.67. The fourth-order valence-electron chi connectivity index (χ4n) is 4.24. The minimum absolute atomic E-state index is 1.27. The van der Waals surface area contributed by atoms with E-state index < -0.39 is 0 Å². The monoisotopic (exact) mass is 363 g/mol. The van der Waals surface area contributed by atoms with E-state index in [-0.39, 0.29) is 0 Å². The van der Waals surface area contributed by atoms with Crippen molar-refractivity contribution in [2.45, 2.75) is 0 Å². The van der Waals surface area contributed by atoms with Gasteiger partial charge in [-0.15, -0.1) is 11.3 Å². The Morgan fingerprint density at radius 3 is 2.22 bits per heavy atom. The molecule has 0 unspecified atom stereocenters. The van der Waals surface area contributed by atoms with Crippen LogP contribution in [0.3, 0.4) is 0 Å². The minimum atomic E-state index is 1.27. The third kappa shape index (κ3) is 2.11. The summed E-state index contributed by atoms with van der Waals surface area (Å²) in [5.41, 5.74) is 5.15. The standard InChI is InChI=1S/C25H17NS/c1-26-22-10-6-5-9-18(22)20-14-21-19-12-11-17(16-7-3-2-4-8-16)13-24(19)27-25(21)15-23(20)26/h2-15H,1H3. The van der Waals surface area contributed by atoms with Gasteiger partial charge in [-0.05, 0) is 35.4 Å². The third-order valence-electron chi connectivity index (χ3n) is 5.61. The number of benzene rings is 4. The highest BCUT2D eigenvalue weighted by molar-refractivity contribution is 7.25. The first-order valence-corrected chi connectivity index (χ1v) is 10.00. The molecule has 128 valence electrons. The number of hydrogen-bond acceptors (Lipinski definition) is 1. The van der Waals surface area contributed by atoms with Crippen molar-refractivity contribution in [2.24, 2.45) is 7.05 Å². The predicted molar refractivity (Wildman–Crippen MR) is 119 cm³/mol. The van der Waals surface area contributed by atoms with Crippen molar-refractivity contribution < 1.29 is 0 Å². The smallest absolute Gasteiger partial charge is 0.0503 e. The van der Waals surface area contributed by atoms with Gasteiger partial charge in [0.25, 0.3) is 0 Å². The fraction of sp³-hybridized carbons (Fsp3) is 0.0400. The van der Waals surface area contributed by atoms with E-state index in [0.29, 0.717) is 0 Å². The fourth-order valence-corrected chi connectivity index (χ4v) is 5.40. The molecule has 0 amide bonds. The Morgan fingerprint density at radius 2 is 1.33 bits per heavy atom. The summed E-state index contributed by atoms with van der Waals surface area (Å²) in [6.45, 7) is 0. The van der Waals surface area contributed by atoms with Gasteiger partial charge in [0.15, 0.2) is 0 Å². The summed E-state index contributed by atoms with van der Waals surface area (Å²) in [6.07, 6.45) is 0. The number of nitrogens with zero attached hydrogens (tertiary/aromatic N) is 1. The Labute approximate surface area is 161 Å². The van der Waals surface area contributed by atoms with Gasteiger partial charge < -0.3 is 4.57 Å². The molecule has 6 aromatic rings. The van der Waals surface area contributed by atoms with Crippen LogP contribution in [0, 0.1) is 0 Å². The van der Waals surface area contributed by atoms with Crippen LogP contribution in [-0.2, 0) is 7.05 Å². The molecule has 0 saturated heterocycles. The molecule has 0 aliphatic carbocycles. The molecule has 0 saturated carbocycles. The number of fused-ring (bicyclic) bond motifs is 6. The molecule has 1 nitrogen and oxygen atoms in total. The lowest BCUT2D eigenvalue weighted by Crippen LogP contribution is -1.85. The number of thiophene rings is 1. The van der Waals surface area contributed by atoms with Gasteiger partial charge in [-0.3, -0.25) is 0 Å². The molecular weight excluding hydrogens is 346 g/mol. The maximum atomic E-state index is 2.38. The second-order valence-corrected chi connectivity index (χ2v) is 8.20. The highest BCUT2D eigenvalue weighted by Gasteiger charge is 2.12. The molecule has 0 radical (unpaired) electrons. The van der Waals surface area contributed by atoms with Gasteiger partial charge in [0.2, 0.25) is 0 Å². The van der Waals surface area contributed by atoms with E-state index >= 15 is 0 Å². The third-order valence-corrected chi connectivity index (χ3v) is 6.73. The van der Waals surface area contributed by atoms with Crippen molar-refractivity contribution in [1.29, 1.82) is 0 Å². The van der Waals surface area contributed by atoms with Crippen LogP contribution in [0.4, 0.5) is 0 Å². The number of aromatic nitrogens is 1. The summed E-state index contributed by atoms with van der Waals surface area (Å²) < 4.78 is 5.02. The Kier molecular flexibility index (Phi) is 3.03. The first kappa shape index (κ1) is 15.0. The molecule has 0 spiro atoms. The molecule has 0 atom stereocenters. The van der Waals surface area contributed by atoms with E-state index in [4.69, 9.17) is 0 Å². The molecule has 4 aromatic carbocycles. The van der Waals surface area contributed by atoms with Crippen LogP contribution in [0.15, 0.2) is 84.9 Å². The minimum Gasteiger partial charge on any atom is -0.344 e. The first-order chi connectivity index (χ1) is 13.3. The van der Waals surface area contributed by atoms with Crippen LogP contribution in [0.5, 0.6) is 0 Å². The molecule has 0 aliphatic heterocycles. The Bertz CT molecular complexity index is 1470. The number of para-hydroxylation sites is 1. The number of rotatable bonds is 1.